The second-order valence-electron chi connectivity index (χ2n) is 6.56. The molecule has 8 nitrogen and oxygen atoms in total. The van der Waals surface area contributed by atoms with E-state index in [2.05, 4.69) is 5.32 Å². The summed E-state index contributed by atoms with van der Waals surface area (Å²) in [5, 5.41) is 14.2. The highest BCUT2D eigenvalue weighted by molar-refractivity contribution is 7.80. The number of hydrogen-bond acceptors (Lipinski definition) is 6. The lowest BCUT2D eigenvalue weighted by molar-refractivity contribution is -0.384. The van der Waals surface area contributed by atoms with E-state index in [0.29, 0.717) is 16.3 Å². The minimum atomic E-state index is -0.684. The molecular formula is C21H11Cl2N3O5S. The lowest BCUT2D eigenvalue weighted by Gasteiger charge is -2.28. The fraction of sp³-hybridized carbons (Fsp3) is 0. The molecule has 0 bridgehead atoms. The van der Waals surface area contributed by atoms with E-state index >= 15 is 0 Å². The van der Waals surface area contributed by atoms with Crippen LogP contribution in [0.25, 0.3) is 17.4 Å². The Morgan fingerprint density at radius 2 is 1.78 bits per heavy atom. The summed E-state index contributed by atoms with van der Waals surface area (Å²) in [5.74, 6) is -0.923. The van der Waals surface area contributed by atoms with Crippen LogP contribution in [0.3, 0.4) is 0 Å². The van der Waals surface area contributed by atoms with Crippen LogP contribution in [0.2, 0.25) is 10.0 Å². The van der Waals surface area contributed by atoms with Crippen molar-refractivity contribution in [2.75, 3.05) is 4.90 Å². The van der Waals surface area contributed by atoms with Crippen LogP contribution in [0.1, 0.15) is 5.76 Å². The normalized spacial score (nSPS) is 15.2. The molecule has 2 aromatic carbocycles. The number of rotatable bonds is 4. The maximum absolute atomic E-state index is 13.0. The number of nitrogens with one attached hydrogen (secondary N) is 1. The van der Waals surface area contributed by atoms with Gasteiger partial charge in [0.1, 0.15) is 17.1 Å². The molecule has 2 heterocycles. The van der Waals surface area contributed by atoms with Gasteiger partial charge >= 0.3 is 0 Å². The topological polar surface area (TPSA) is 106 Å². The Balaban J connectivity index is 1.69. The summed E-state index contributed by atoms with van der Waals surface area (Å²) < 4.78 is 5.68. The Kier molecular flexibility index (Phi) is 5.79. The number of carbonyl (C=O) groups is 2. The summed E-state index contributed by atoms with van der Waals surface area (Å²) in [6.45, 7) is 0. The summed E-state index contributed by atoms with van der Waals surface area (Å²) in [7, 11) is 0. The third-order valence-corrected chi connectivity index (χ3v) is 5.39. The highest BCUT2D eigenvalue weighted by Gasteiger charge is 2.34. The largest absolute Gasteiger partial charge is 0.457 e. The monoisotopic (exact) mass is 487 g/mol. The number of anilines is 1. The Morgan fingerprint density at radius 1 is 1.06 bits per heavy atom. The lowest BCUT2D eigenvalue weighted by Crippen LogP contribution is -2.54. The van der Waals surface area contributed by atoms with Crippen LogP contribution in [-0.2, 0) is 9.59 Å². The third-order valence-electron chi connectivity index (χ3n) is 4.53. The van der Waals surface area contributed by atoms with Crippen molar-refractivity contribution in [3.63, 3.8) is 0 Å². The van der Waals surface area contributed by atoms with Crippen LogP contribution in [0, 0.1) is 10.1 Å². The zero-order valence-electron chi connectivity index (χ0n) is 15.9. The second-order valence-corrected chi connectivity index (χ2v) is 7.79. The van der Waals surface area contributed by atoms with E-state index in [1.165, 1.54) is 41.3 Å². The number of nitro groups is 1. The van der Waals surface area contributed by atoms with E-state index in [1.54, 1.807) is 24.3 Å². The van der Waals surface area contributed by atoms with Crippen LogP contribution in [-0.4, -0.2) is 21.9 Å². The van der Waals surface area contributed by atoms with Gasteiger partial charge in [-0.05, 0) is 60.8 Å². The summed E-state index contributed by atoms with van der Waals surface area (Å²) in [6.07, 6.45) is 1.26. The number of furan rings is 1. The molecule has 11 heteroatoms. The first-order valence-electron chi connectivity index (χ1n) is 8.96. The van der Waals surface area contributed by atoms with Crippen LogP contribution < -0.4 is 10.2 Å². The maximum Gasteiger partial charge on any atom is 0.270 e. The molecule has 0 radical (unpaired) electrons. The van der Waals surface area contributed by atoms with Gasteiger partial charge in [-0.3, -0.25) is 29.9 Å². The van der Waals surface area contributed by atoms with Crippen molar-refractivity contribution in [1.29, 1.82) is 0 Å². The molecule has 0 aliphatic carbocycles. The molecule has 0 atom stereocenters. The van der Waals surface area contributed by atoms with Gasteiger partial charge in [-0.1, -0.05) is 23.2 Å². The van der Waals surface area contributed by atoms with E-state index in [1.807, 2.05) is 0 Å². The number of non-ortho nitro benzene ring substituents is 1. The van der Waals surface area contributed by atoms with Gasteiger partial charge < -0.3 is 4.42 Å². The number of hydrogen-bond donors (Lipinski definition) is 1. The molecule has 1 aromatic heterocycles. The molecule has 1 saturated heterocycles. The van der Waals surface area contributed by atoms with Gasteiger partial charge in [-0.2, -0.15) is 0 Å². The van der Waals surface area contributed by atoms with Crippen LogP contribution >= 0.6 is 35.4 Å². The zero-order valence-corrected chi connectivity index (χ0v) is 18.2. The van der Waals surface area contributed by atoms with Crippen LogP contribution in [0.15, 0.2) is 64.6 Å². The lowest BCUT2D eigenvalue weighted by atomic mass is 10.1. The number of carbonyl (C=O) groups excluding carboxylic acids is 2. The molecule has 1 aliphatic rings. The van der Waals surface area contributed by atoms with Gasteiger partial charge in [0.25, 0.3) is 17.5 Å². The van der Waals surface area contributed by atoms with Crippen molar-refractivity contribution in [3.05, 3.63) is 86.1 Å². The average molecular weight is 488 g/mol. The molecule has 1 N–H and O–H groups in total. The van der Waals surface area contributed by atoms with E-state index in [9.17, 15) is 19.7 Å². The van der Waals surface area contributed by atoms with Crippen LogP contribution in [0.4, 0.5) is 11.4 Å². The highest BCUT2D eigenvalue weighted by atomic mass is 35.5. The van der Waals surface area contributed by atoms with Crippen molar-refractivity contribution in [2.24, 2.45) is 0 Å². The summed E-state index contributed by atoms with van der Waals surface area (Å²) in [5.41, 5.74) is 0.363. The highest BCUT2D eigenvalue weighted by Crippen LogP contribution is 2.33. The van der Waals surface area contributed by atoms with E-state index in [4.69, 9.17) is 39.8 Å². The summed E-state index contributed by atoms with van der Waals surface area (Å²) >= 11 is 17.2. The van der Waals surface area contributed by atoms with E-state index in [-0.39, 0.29) is 32.9 Å². The molecule has 3 aromatic rings. The third kappa shape index (κ3) is 4.13. The number of nitrogens with zero attached hydrogens (tertiary/aromatic N) is 2. The summed E-state index contributed by atoms with van der Waals surface area (Å²) in [6, 6.07) is 13.4. The standard InChI is InChI=1S/C21H11Cl2N3O5S/c22-11-1-3-12(4-2-11)25-20(28)16(19(27)24-21(25)32)10-14-6-8-18(31-14)15-9-13(26(29)30)5-7-17(15)23/h1-10H,(H,24,27,32)/b16-10+. The second kappa shape index (κ2) is 8.54. The van der Waals surface area contributed by atoms with Crippen molar-refractivity contribution >= 4 is 69.8 Å². The van der Waals surface area contributed by atoms with Gasteiger partial charge in [0.15, 0.2) is 5.11 Å². The predicted octanol–water partition coefficient (Wildman–Crippen LogP) is 4.99. The number of halogens is 2. The van der Waals surface area contributed by atoms with E-state index < -0.39 is 16.7 Å². The first kappa shape index (κ1) is 21.7. The Labute approximate surface area is 196 Å². The zero-order chi connectivity index (χ0) is 23.0. The van der Waals surface area contributed by atoms with Crippen molar-refractivity contribution < 1.29 is 18.9 Å². The molecule has 160 valence electrons. The number of nitro benzene ring substituents is 1. The fourth-order valence-electron chi connectivity index (χ4n) is 3.02. The van der Waals surface area contributed by atoms with Gasteiger partial charge in [-0.25, -0.2) is 0 Å². The molecule has 32 heavy (non-hydrogen) atoms. The van der Waals surface area contributed by atoms with Crippen molar-refractivity contribution in [1.82, 2.24) is 5.32 Å². The van der Waals surface area contributed by atoms with Gasteiger partial charge in [0, 0.05) is 22.7 Å². The molecular weight excluding hydrogens is 477 g/mol. The molecule has 0 spiro atoms. The SMILES string of the molecule is O=C1NC(=S)N(c2ccc(Cl)cc2)C(=O)/C1=C/c1ccc(-c2cc([N+](=O)[O-])ccc2Cl)o1. The molecule has 2 amide bonds. The number of benzene rings is 2. The minimum Gasteiger partial charge on any atom is -0.457 e. The Hall–Kier alpha value is -3.53. The van der Waals surface area contributed by atoms with Crippen molar-refractivity contribution in [2.45, 2.75) is 0 Å². The first-order valence-corrected chi connectivity index (χ1v) is 10.1. The van der Waals surface area contributed by atoms with Gasteiger partial charge in [0.2, 0.25) is 0 Å². The number of amides is 2. The van der Waals surface area contributed by atoms with Gasteiger partial charge in [0.05, 0.1) is 15.6 Å². The van der Waals surface area contributed by atoms with Gasteiger partial charge in [-0.15, -0.1) is 0 Å². The first-order chi connectivity index (χ1) is 15.2. The molecule has 1 fully saturated rings. The minimum absolute atomic E-state index is 0.0667. The quantitative estimate of drug-likeness (QED) is 0.182. The molecule has 1 aliphatic heterocycles. The van der Waals surface area contributed by atoms with E-state index in [0.717, 1.165) is 0 Å². The molecule has 0 saturated carbocycles. The molecule has 4 rings (SSSR count). The smallest absolute Gasteiger partial charge is 0.270 e. The van der Waals surface area contributed by atoms with Crippen molar-refractivity contribution in [3.8, 4) is 11.3 Å². The summed E-state index contributed by atoms with van der Waals surface area (Å²) in [4.78, 5) is 37.1. The Bertz CT molecular complexity index is 1320. The average Bonchev–Trinajstić information content (AvgIpc) is 3.21. The predicted molar refractivity (Wildman–Crippen MR) is 123 cm³/mol. The molecule has 0 unspecified atom stereocenters. The Morgan fingerprint density at radius 3 is 2.47 bits per heavy atom. The van der Waals surface area contributed by atoms with Crippen LogP contribution in [0.5, 0.6) is 0 Å². The number of thiocarbonyl (C=S) groups is 1. The fourth-order valence-corrected chi connectivity index (χ4v) is 3.63. The maximum atomic E-state index is 13.0.